The van der Waals surface area contributed by atoms with E-state index in [9.17, 15) is 0 Å². The smallest absolute Gasteiger partial charge is 0.222 e. The number of aromatic nitrogens is 3. The van der Waals surface area contributed by atoms with Gasteiger partial charge in [-0.2, -0.15) is 10.1 Å². The van der Waals surface area contributed by atoms with Gasteiger partial charge in [0.1, 0.15) is 6.33 Å². The highest BCUT2D eigenvalue weighted by atomic mass is 32.1. The van der Waals surface area contributed by atoms with E-state index in [0.717, 1.165) is 12.4 Å². The summed E-state index contributed by atoms with van der Waals surface area (Å²) in [6.07, 6.45) is 2.61. The molecular weight excluding hydrogens is 268 g/mol. The molecule has 100 valence electrons. The maximum Gasteiger partial charge on any atom is 0.222 e. The summed E-state index contributed by atoms with van der Waals surface area (Å²) in [5, 5.41) is 9.97. The van der Waals surface area contributed by atoms with Crippen molar-refractivity contribution >= 4 is 17.3 Å². The van der Waals surface area contributed by atoms with Crippen molar-refractivity contribution < 1.29 is 0 Å². The largest absolute Gasteiger partial charge is 0.347 e. The summed E-state index contributed by atoms with van der Waals surface area (Å²) in [6, 6.07) is 15.3. The lowest BCUT2D eigenvalue weighted by atomic mass is 9.97. The van der Waals surface area contributed by atoms with Gasteiger partial charge in [-0.15, -0.1) is 11.3 Å². The maximum atomic E-state index is 4.38. The molecule has 2 aromatic heterocycles. The lowest BCUT2D eigenvalue weighted by Gasteiger charge is -2.31. The number of fused-ring (bicyclic) bond motifs is 1. The molecule has 0 saturated heterocycles. The minimum atomic E-state index is 0.238. The van der Waals surface area contributed by atoms with Gasteiger partial charge < -0.3 is 5.32 Å². The fourth-order valence-corrected chi connectivity index (χ4v) is 3.54. The van der Waals surface area contributed by atoms with Crippen LogP contribution in [0.4, 0.5) is 5.95 Å². The first-order chi connectivity index (χ1) is 9.92. The number of hydrogen-bond acceptors (Lipinski definition) is 4. The van der Waals surface area contributed by atoms with Gasteiger partial charge in [0.05, 0.1) is 12.1 Å². The fraction of sp³-hybridized carbons (Fsp3) is 0.200. The molecule has 1 N–H and O–H groups in total. The first kappa shape index (κ1) is 11.7. The Morgan fingerprint density at radius 3 is 2.85 bits per heavy atom. The van der Waals surface area contributed by atoms with Crippen LogP contribution in [0, 0.1) is 0 Å². The van der Waals surface area contributed by atoms with Crippen LogP contribution in [0.1, 0.15) is 28.9 Å². The molecule has 4 rings (SSSR count). The molecule has 1 aliphatic heterocycles. The molecule has 1 aliphatic rings. The van der Waals surface area contributed by atoms with Crippen molar-refractivity contribution in [2.45, 2.75) is 18.5 Å². The van der Waals surface area contributed by atoms with Crippen LogP contribution in [0.2, 0.25) is 0 Å². The highest BCUT2D eigenvalue weighted by Crippen LogP contribution is 2.38. The Hall–Kier alpha value is -2.14. The molecule has 0 amide bonds. The Labute approximate surface area is 121 Å². The number of nitrogens with zero attached hydrogens (tertiary/aromatic N) is 3. The zero-order chi connectivity index (χ0) is 13.4. The Bertz CT molecular complexity index is 690. The third-order valence-electron chi connectivity index (χ3n) is 3.70. The molecule has 3 aromatic rings. The van der Waals surface area contributed by atoms with Gasteiger partial charge in [0.15, 0.2) is 0 Å². The van der Waals surface area contributed by atoms with Crippen molar-refractivity contribution in [1.82, 2.24) is 14.8 Å². The number of hydrogen-bond donors (Lipinski definition) is 1. The van der Waals surface area contributed by atoms with Crippen LogP contribution in [0.25, 0.3) is 0 Å². The minimum absolute atomic E-state index is 0.238. The molecule has 3 heterocycles. The second-order valence-corrected chi connectivity index (χ2v) is 5.88. The zero-order valence-corrected chi connectivity index (χ0v) is 11.6. The lowest BCUT2D eigenvalue weighted by molar-refractivity contribution is 0.433. The molecule has 0 aliphatic carbocycles. The standard InChI is InChI=1S/C15H14N4S/c1-2-5-11(6-3-1)13-9-12(14-7-4-8-20-14)18-15-16-10-17-19(13)15/h1-8,10,12-13H,9H2,(H,16,17,18)/t12-,13-/m0/s1. The second kappa shape index (κ2) is 4.76. The topological polar surface area (TPSA) is 42.7 Å². The normalized spacial score (nSPS) is 21.2. The zero-order valence-electron chi connectivity index (χ0n) is 10.8. The summed E-state index contributed by atoms with van der Waals surface area (Å²) in [4.78, 5) is 5.69. The minimum Gasteiger partial charge on any atom is -0.347 e. The SMILES string of the molecule is c1ccc([C@@H]2C[C@@H](c3cccs3)Nc3ncnn32)cc1. The second-order valence-electron chi connectivity index (χ2n) is 4.90. The summed E-state index contributed by atoms with van der Waals surface area (Å²) < 4.78 is 1.99. The van der Waals surface area contributed by atoms with E-state index in [1.54, 1.807) is 17.7 Å². The quantitative estimate of drug-likeness (QED) is 0.782. The first-order valence-electron chi connectivity index (χ1n) is 6.66. The monoisotopic (exact) mass is 282 g/mol. The van der Waals surface area contributed by atoms with Gasteiger partial charge in [-0.3, -0.25) is 0 Å². The summed E-state index contributed by atoms with van der Waals surface area (Å²) in [6.45, 7) is 0. The predicted molar refractivity (Wildman–Crippen MR) is 79.9 cm³/mol. The fourth-order valence-electron chi connectivity index (χ4n) is 2.75. The highest BCUT2D eigenvalue weighted by molar-refractivity contribution is 7.10. The highest BCUT2D eigenvalue weighted by Gasteiger charge is 2.30. The molecule has 0 saturated carbocycles. The van der Waals surface area contributed by atoms with Crippen molar-refractivity contribution in [1.29, 1.82) is 0 Å². The molecule has 1 aromatic carbocycles. The van der Waals surface area contributed by atoms with Crippen molar-refractivity contribution in [2.75, 3.05) is 5.32 Å². The van der Waals surface area contributed by atoms with Crippen LogP contribution < -0.4 is 5.32 Å². The number of rotatable bonds is 2. The van der Waals surface area contributed by atoms with E-state index < -0.39 is 0 Å². The Kier molecular flexibility index (Phi) is 2.77. The summed E-state index contributed by atoms with van der Waals surface area (Å²) in [5.74, 6) is 0.850. The van der Waals surface area contributed by atoms with E-state index in [4.69, 9.17) is 0 Å². The molecule has 0 fully saturated rings. The Morgan fingerprint density at radius 1 is 1.15 bits per heavy atom. The van der Waals surface area contributed by atoms with E-state index in [2.05, 4.69) is 57.2 Å². The van der Waals surface area contributed by atoms with Crippen LogP contribution >= 0.6 is 11.3 Å². The maximum absolute atomic E-state index is 4.38. The first-order valence-corrected chi connectivity index (χ1v) is 7.54. The van der Waals surface area contributed by atoms with Crippen LogP contribution in [0.3, 0.4) is 0 Å². The van der Waals surface area contributed by atoms with Crippen LogP contribution in [0.15, 0.2) is 54.2 Å². The van der Waals surface area contributed by atoms with Gasteiger partial charge in [0.2, 0.25) is 5.95 Å². The number of thiophene rings is 1. The molecule has 0 bridgehead atoms. The van der Waals surface area contributed by atoms with E-state index in [1.165, 1.54) is 10.4 Å². The summed E-state index contributed by atoms with van der Waals surface area (Å²) in [7, 11) is 0. The number of anilines is 1. The number of nitrogens with one attached hydrogen (secondary N) is 1. The van der Waals surface area contributed by atoms with E-state index in [0.29, 0.717) is 6.04 Å². The third-order valence-corrected chi connectivity index (χ3v) is 4.69. The molecule has 0 unspecified atom stereocenters. The van der Waals surface area contributed by atoms with Crippen molar-refractivity contribution in [3.05, 3.63) is 64.6 Å². The van der Waals surface area contributed by atoms with E-state index >= 15 is 0 Å². The van der Waals surface area contributed by atoms with Crippen LogP contribution in [-0.2, 0) is 0 Å². The van der Waals surface area contributed by atoms with Gasteiger partial charge in [0, 0.05) is 4.88 Å². The molecule has 5 heteroatoms. The molecule has 20 heavy (non-hydrogen) atoms. The van der Waals surface area contributed by atoms with Gasteiger partial charge in [-0.05, 0) is 23.4 Å². The van der Waals surface area contributed by atoms with Gasteiger partial charge >= 0.3 is 0 Å². The van der Waals surface area contributed by atoms with Crippen LogP contribution in [0.5, 0.6) is 0 Å². The average molecular weight is 282 g/mol. The van der Waals surface area contributed by atoms with Crippen LogP contribution in [-0.4, -0.2) is 14.8 Å². The van der Waals surface area contributed by atoms with Crippen molar-refractivity contribution in [3.8, 4) is 0 Å². The predicted octanol–water partition coefficient (Wildman–Crippen LogP) is 3.49. The molecular formula is C15H14N4S. The van der Waals surface area contributed by atoms with Gasteiger partial charge in [-0.25, -0.2) is 4.68 Å². The van der Waals surface area contributed by atoms with Gasteiger partial charge in [-0.1, -0.05) is 36.4 Å². The third kappa shape index (κ3) is 1.91. The molecule has 0 radical (unpaired) electrons. The summed E-state index contributed by atoms with van der Waals surface area (Å²) in [5.41, 5.74) is 1.28. The van der Waals surface area contributed by atoms with E-state index in [1.807, 2.05) is 10.7 Å². The lowest BCUT2D eigenvalue weighted by Crippen LogP contribution is -2.27. The van der Waals surface area contributed by atoms with Crippen molar-refractivity contribution in [2.24, 2.45) is 0 Å². The molecule has 2 atom stereocenters. The average Bonchev–Trinajstić information content (AvgIpc) is 3.18. The Morgan fingerprint density at radius 2 is 2.05 bits per heavy atom. The molecule has 0 spiro atoms. The van der Waals surface area contributed by atoms with Gasteiger partial charge in [0.25, 0.3) is 0 Å². The van der Waals surface area contributed by atoms with E-state index in [-0.39, 0.29) is 6.04 Å². The van der Waals surface area contributed by atoms with Crippen molar-refractivity contribution in [3.63, 3.8) is 0 Å². The Balaban J connectivity index is 1.75. The number of benzene rings is 1. The summed E-state index contributed by atoms with van der Waals surface area (Å²) >= 11 is 1.78. The molecule has 4 nitrogen and oxygen atoms in total.